The lowest BCUT2D eigenvalue weighted by molar-refractivity contribution is -0.305. The monoisotopic (exact) mass is 449 g/mol. The van der Waals surface area contributed by atoms with Gasteiger partial charge in [0.25, 0.3) is 0 Å². The second-order valence-electron chi connectivity index (χ2n) is 9.45. The Bertz CT molecular complexity index is 584. The molecule has 31 heavy (non-hydrogen) atoms. The van der Waals surface area contributed by atoms with Crippen LogP contribution in [0.15, 0.2) is 0 Å². The minimum atomic E-state index is -1.41. The van der Waals surface area contributed by atoms with E-state index in [1.54, 1.807) is 0 Å². The molecule has 3 fully saturated rings. The van der Waals surface area contributed by atoms with Gasteiger partial charge >= 0.3 is 0 Å². The minimum absolute atomic E-state index is 0.142. The third kappa shape index (κ3) is 5.37. The van der Waals surface area contributed by atoms with Crippen molar-refractivity contribution in [1.82, 2.24) is 0 Å². The molecule has 0 amide bonds. The van der Waals surface area contributed by atoms with Crippen LogP contribution in [0.25, 0.3) is 0 Å². The van der Waals surface area contributed by atoms with Gasteiger partial charge in [-0.2, -0.15) is 0 Å². The molecule has 3 aliphatic rings. The summed E-state index contributed by atoms with van der Waals surface area (Å²) in [4.78, 5) is 0. The van der Waals surface area contributed by atoms with E-state index in [9.17, 15) is 15.3 Å². The SMILES string of the molecule is CC(N)C1CCC(N)C(OC2C(N)CC(N)C(OC3OCC(C)(O)C(N)C3O)C2O)O1. The van der Waals surface area contributed by atoms with Gasteiger partial charge in [-0.15, -0.1) is 0 Å². The van der Waals surface area contributed by atoms with Crippen LogP contribution in [0.2, 0.25) is 0 Å². The number of hydrogen-bond acceptors (Lipinski definition) is 12. The summed E-state index contributed by atoms with van der Waals surface area (Å²) in [6, 6.07) is -2.82. The predicted molar refractivity (Wildman–Crippen MR) is 110 cm³/mol. The van der Waals surface area contributed by atoms with E-state index in [0.717, 1.165) is 6.42 Å². The van der Waals surface area contributed by atoms with Crippen LogP contribution in [0.5, 0.6) is 0 Å². The Morgan fingerprint density at radius 1 is 0.935 bits per heavy atom. The molecule has 13 unspecified atom stereocenters. The third-order valence-corrected chi connectivity index (χ3v) is 6.58. The van der Waals surface area contributed by atoms with Crippen molar-refractivity contribution < 1.29 is 34.3 Å². The van der Waals surface area contributed by atoms with Crippen molar-refractivity contribution in [2.24, 2.45) is 28.7 Å². The molecule has 2 aliphatic heterocycles. The van der Waals surface area contributed by atoms with Gasteiger partial charge in [-0.1, -0.05) is 0 Å². The van der Waals surface area contributed by atoms with E-state index in [0.29, 0.717) is 6.42 Å². The lowest BCUT2D eigenvalue weighted by Crippen LogP contribution is -2.68. The molecule has 2 heterocycles. The van der Waals surface area contributed by atoms with Crippen molar-refractivity contribution >= 4 is 0 Å². The van der Waals surface area contributed by atoms with E-state index < -0.39 is 66.8 Å². The van der Waals surface area contributed by atoms with Gasteiger partial charge < -0.3 is 62.9 Å². The van der Waals surface area contributed by atoms with Gasteiger partial charge in [-0.25, -0.2) is 0 Å². The van der Waals surface area contributed by atoms with Crippen LogP contribution < -0.4 is 28.7 Å². The molecule has 12 heteroatoms. The highest BCUT2D eigenvalue weighted by atomic mass is 16.7. The summed E-state index contributed by atoms with van der Waals surface area (Å²) in [6.07, 6.45) is -4.89. The topological polar surface area (TPSA) is 228 Å². The first kappa shape index (κ1) is 25.1. The van der Waals surface area contributed by atoms with Gasteiger partial charge in [0, 0.05) is 18.1 Å². The average Bonchev–Trinajstić information content (AvgIpc) is 2.69. The van der Waals surface area contributed by atoms with Gasteiger partial charge in [0.15, 0.2) is 12.6 Å². The molecular weight excluding hydrogens is 410 g/mol. The van der Waals surface area contributed by atoms with Crippen molar-refractivity contribution in [1.29, 1.82) is 0 Å². The van der Waals surface area contributed by atoms with Crippen molar-refractivity contribution in [2.75, 3.05) is 6.61 Å². The Morgan fingerprint density at radius 3 is 2.10 bits per heavy atom. The van der Waals surface area contributed by atoms with Gasteiger partial charge in [0.05, 0.1) is 24.8 Å². The summed E-state index contributed by atoms with van der Waals surface area (Å²) in [5.74, 6) is 0. The van der Waals surface area contributed by atoms with Gasteiger partial charge in [0.1, 0.15) is 30.0 Å². The molecule has 0 aromatic carbocycles. The number of ether oxygens (including phenoxy) is 4. The number of nitrogens with two attached hydrogens (primary N) is 5. The first-order valence-corrected chi connectivity index (χ1v) is 10.9. The molecular formula is C19H39N5O7. The summed E-state index contributed by atoms with van der Waals surface area (Å²) in [6.45, 7) is 3.17. The fourth-order valence-corrected chi connectivity index (χ4v) is 4.41. The predicted octanol–water partition coefficient (Wildman–Crippen LogP) is -3.85. The maximum atomic E-state index is 11.0. The highest BCUT2D eigenvalue weighted by Gasteiger charge is 2.50. The first-order chi connectivity index (χ1) is 14.4. The van der Waals surface area contributed by atoms with Crippen LogP contribution in [-0.2, 0) is 18.9 Å². The molecule has 0 radical (unpaired) electrons. The molecule has 1 aliphatic carbocycles. The summed E-state index contributed by atoms with van der Waals surface area (Å²) in [5, 5.41) is 31.6. The minimum Gasteiger partial charge on any atom is -0.388 e. The Labute approximate surface area is 182 Å². The van der Waals surface area contributed by atoms with E-state index in [4.69, 9.17) is 47.6 Å². The zero-order valence-corrected chi connectivity index (χ0v) is 18.1. The highest BCUT2D eigenvalue weighted by Crippen LogP contribution is 2.31. The summed E-state index contributed by atoms with van der Waals surface area (Å²) >= 11 is 0. The average molecular weight is 450 g/mol. The number of rotatable bonds is 5. The smallest absolute Gasteiger partial charge is 0.185 e. The van der Waals surface area contributed by atoms with E-state index in [-0.39, 0.29) is 25.2 Å². The van der Waals surface area contributed by atoms with E-state index in [1.807, 2.05) is 6.92 Å². The molecule has 3 rings (SSSR count). The molecule has 13 atom stereocenters. The van der Waals surface area contributed by atoms with Crippen LogP contribution in [0, 0.1) is 0 Å². The van der Waals surface area contributed by atoms with Crippen LogP contribution in [0.1, 0.15) is 33.1 Å². The van der Waals surface area contributed by atoms with Gasteiger partial charge in [-0.05, 0) is 33.1 Å². The Morgan fingerprint density at radius 2 is 1.52 bits per heavy atom. The molecule has 0 spiro atoms. The maximum Gasteiger partial charge on any atom is 0.185 e. The van der Waals surface area contributed by atoms with Crippen LogP contribution in [0.4, 0.5) is 0 Å². The standard InChI is InChI=1S/C19H39N5O7/c1-7(20)11-4-3-8(21)17(29-11)30-14-9(22)5-10(23)15(12(14)25)31-18-13(26)16(24)19(2,27)6-28-18/h7-18,25-27H,3-6,20-24H2,1-2H3. The molecule has 182 valence electrons. The van der Waals surface area contributed by atoms with Crippen molar-refractivity contribution in [3.63, 3.8) is 0 Å². The van der Waals surface area contributed by atoms with Crippen LogP contribution in [-0.4, -0.2) is 101 Å². The molecule has 1 saturated carbocycles. The molecule has 2 saturated heterocycles. The Kier molecular flexibility index (Phi) is 7.94. The highest BCUT2D eigenvalue weighted by molar-refractivity contribution is 5.01. The third-order valence-electron chi connectivity index (χ3n) is 6.58. The molecule has 0 aromatic rings. The second-order valence-corrected chi connectivity index (χ2v) is 9.45. The first-order valence-electron chi connectivity index (χ1n) is 10.9. The van der Waals surface area contributed by atoms with E-state index in [1.165, 1.54) is 6.92 Å². The normalized spacial score (nSPS) is 52.6. The van der Waals surface area contributed by atoms with Crippen molar-refractivity contribution in [3.05, 3.63) is 0 Å². The quantitative estimate of drug-likeness (QED) is 0.202. The van der Waals surface area contributed by atoms with Crippen molar-refractivity contribution in [3.8, 4) is 0 Å². The molecule has 0 aromatic heterocycles. The summed E-state index contributed by atoms with van der Waals surface area (Å²) in [5.41, 5.74) is 29.0. The zero-order chi connectivity index (χ0) is 23.1. The lowest BCUT2D eigenvalue weighted by Gasteiger charge is -2.48. The largest absolute Gasteiger partial charge is 0.388 e. The Balaban J connectivity index is 1.68. The van der Waals surface area contributed by atoms with Crippen LogP contribution >= 0.6 is 0 Å². The number of aliphatic hydroxyl groups excluding tert-OH is 2. The van der Waals surface area contributed by atoms with Gasteiger partial charge in [0.2, 0.25) is 0 Å². The van der Waals surface area contributed by atoms with E-state index >= 15 is 0 Å². The van der Waals surface area contributed by atoms with Gasteiger partial charge in [-0.3, -0.25) is 0 Å². The Hall–Kier alpha value is -0.480. The summed E-state index contributed by atoms with van der Waals surface area (Å²) < 4.78 is 23.2. The number of aliphatic hydroxyl groups is 3. The molecule has 13 N–H and O–H groups in total. The lowest BCUT2D eigenvalue weighted by atomic mass is 9.84. The van der Waals surface area contributed by atoms with Crippen LogP contribution in [0.3, 0.4) is 0 Å². The number of hydrogen-bond donors (Lipinski definition) is 8. The maximum absolute atomic E-state index is 11.0. The van der Waals surface area contributed by atoms with Crippen molar-refractivity contribution in [2.45, 2.75) is 112 Å². The fraction of sp³-hybridized carbons (Fsp3) is 1.00. The summed E-state index contributed by atoms with van der Waals surface area (Å²) in [7, 11) is 0. The fourth-order valence-electron chi connectivity index (χ4n) is 4.41. The zero-order valence-electron chi connectivity index (χ0n) is 18.1. The molecule has 0 bridgehead atoms. The molecule has 12 nitrogen and oxygen atoms in total. The second kappa shape index (κ2) is 9.79. The van der Waals surface area contributed by atoms with E-state index in [2.05, 4.69) is 0 Å².